The summed E-state index contributed by atoms with van der Waals surface area (Å²) in [5, 5.41) is 3.51. The first-order chi connectivity index (χ1) is 7.19. The van der Waals surface area contributed by atoms with Crippen LogP contribution < -0.4 is 4.90 Å². The van der Waals surface area contributed by atoms with Gasteiger partial charge in [0, 0.05) is 6.07 Å². The zero-order valence-electron chi connectivity index (χ0n) is 9.06. The third-order valence-corrected chi connectivity index (χ3v) is 1.38. The molecular formula is C10H14N2O3. The highest BCUT2D eigenvalue weighted by Crippen LogP contribution is 2.12. The van der Waals surface area contributed by atoms with Crippen LogP contribution in [0.5, 0.6) is 0 Å². The molecule has 0 unspecified atom stereocenters. The fraction of sp³-hybridized carbons (Fsp3) is 0.300. The van der Waals surface area contributed by atoms with E-state index in [9.17, 15) is 9.59 Å². The van der Waals surface area contributed by atoms with Crippen LogP contribution in [0, 0.1) is 6.92 Å². The minimum Gasteiger partial charge on any atom is -0.360 e. The summed E-state index contributed by atoms with van der Waals surface area (Å²) in [6.45, 7) is 8.92. The van der Waals surface area contributed by atoms with Gasteiger partial charge in [-0.2, -0.15) is 0 Å². The quantitative estimate of drug-likeness (QED) is 0.562. The van der Waals surface area contributed by atoms with Crippen LogP contribution in [0.2, 0.25) is 0 Å². The van der Waals surface area contributed by atoms with Crippen LogP contribution in [-0.4, -0.2) is 17.5 Å². The molecule has 82 valence electrons. The van der Waals surface area contributed by atoms with Gasteiger partial charge in [-0.25, -0.2) is 4.90 Å². The minimum absolute atomic E-state index is 0.164. The van der Waals surface area contributed by atoms with E-state index in [0.29, 0.717) is 12.2 Å². The van der Waals surface area contributed by atoms with Crippen molar-refractivity contribution in [1.82, 2.24) is 5.16 Å². The molecule has 1 rings (SSSR count). The summed E-state index contributed by atoms with van der Waals surface area (Å²) < 4.78 is 4.70. The lowest BCUT2D eigenvalue weighted by Gasteiger charge is -2.06. The molecule has 5 heteroatoms. The standard InChI is InChI=1S/C8H8N2O3.C2H6/c1-3-8(12)10(5-11)7-4-6(2)13-9-7;1-2/h3-5H,1H2,2H3;1-2H3. The molecule has 1 heterocycles. The second kappa shape index (κ2) is 6.53. The van der Waals surface area contributed by atoms with E-state index in [0.717, 1.165) is 11.0 Å². The van der Waals surface area contributed by atoms with Crippen molar-refractivity contribution < 1.29 is 14.1 Å². The average Bonchev–Trinajstić information content (AvgIpc) is 2.68. The van der Waals surface area contributed by atoms with Gasteiger partial charge in [-0.05, 0) is 13.0 Å². The van der Waals surface area contributed by atoms with E-state index in [1.165, 1.54) is 6.07 Å². The molecule has 0 aliphatic heterocycles. The molecular weight excluding hydrogens is 196 g/mol. The molecule has 0 aliphatic rings. The zero-order chi connectivity index (χ0) is 11.8. The number of carbonyl (C=O) groups is 2. The van der Waals surface area contributed by atoms with Crippen LogP contribution in [0.15, 0.2) is 23.2 Å². The highest BCUT2D eigenvalue weighted by Gasteiger charge is 2.15. The number of carbonyl (C=O) groups excluding carboxylic acids is 2. The Morgan fingerprint density at radius 1 is 1.60 bits per heavy atom. The Hall–Kier alpha value is -1.91. The van der Waals surface area contributed by atoms with Crippen molar-refractivity contribution in [3.05, 3.63) is 24.5 Å². The van der Waals surface area contributed by atoms with Gasteiger partial charge in [0.15, 0.2) is 5.82 Å². The topological polar surface area (TPSA) is 63.4 Å². The van der Waals surface area contributed by atoms with Crippen LogP contribution in [0.4, 0.5) is 5.82 Å². The van der Waals surface area contributed by atoms with Crippen molar-refractivity contribution in [1.29, 1.82) is 0 Å². The lowest BCUT2D eigenvalue weighted by atomic mass is 10.4. The molecule has 2 amide bonds. The summed E-state index contributed by atoms with van der Waals surface area (Å²) >= 11 is 0. The Kier molecular flexibility index (Phi) is 5.70. The normalized spacial score (nSPS) is 8.47. The van der Waals surface area contributed by atoms with Crippen molar-refractivity contribution in [2.24, 2.45) is 0 Å². The lowest BCUT2D eigenvalue weighted by Crippen LogP contribution is -2.27. The van der Waals surface area contributed by atoms with Crippen molar-refractivity contribution in [2.45, 2.75) is 20.8 Å². The number of hydrogen-bond acceptors (Lipinski definition) is 4. The minimum atomic E-state index is -0.539. The van der Waals surface area contributed by atoms with E-state index in [-0.39, 0.29) is 5.82 Å². The molecule has 15 heavy (non-hydrogen) atoms. The monoisotopic (exact) mass is 210 g/mol. The van der Waals surface area contributed by atoms with Crippen LogP contribution in [-0.2, 0) is 9.59 Å². The fourth-order valence-corrected chi connectivity index (χ4v) is 0.784. The second-order valence-electron chi connectivity index (χ2n) is 2.31. The number of aryl methyl sites for hydroxylation is 1. The molecule has 0 radical (unpaired) electrons. The van der Waals surface area contributed by atoms with Gasteiger partial charge < -0.3 is 4.52 Å². The summed E-state index contributed by atoms with van der Waals surface area (Å²) in [5.74, 6) is 0.152. The summed E-state index contributed by atoms with van der Waals surface area (Å²) in [5.41, 5.74) is 0. The van der Waals surface area contributed by atoms with Crippen molar-refractivity contribution in [3.8, 4) is 0 Å². The van der Waals surface area contributed by atoms with Gasteiger partial charge in [-0.1, -0.05) is 25.6 Å². The van der Waals surface area contributed by atoms with Crippen molar-refractivity contribution in [3.63, 3.8) is 0 Å². The number of rotatable bonds is 3. The zero-order valence-corrected chi connectivity index (χ0v) is 9.06. The number of nitrogens with zero attached hydrogens (tertiary/aromatic N) is 2. The fourth-order valence-electron chi connectivity index (χ4n) is 0.784. The Labute approximate surface area is 88.4 Å². The molecule has 0 aliphatic carbocycles. The van der Waals surface area contributed by atoms with Gasteiger partial charge in [0.2, 0.25) is 6.41 Å². The predicted octanol–water partition coefficient (Wildman–Crippen LogP) is 1.68. The van der Waals surface area contributed by atoms with E-state index in [1.807, 2.05) is 13.8 Å². The van der Waals surface area contributed by atoms with Gasteiger partial charge >= 0.3 is 0 Å². The van der Waals surface area contributed by atoms with E-state index in [2.05, 4.69) is 11.7 Å². The average molecular weight is 210 g/mol. The molecule has 0 saturated heterocycles. The summed E-state index contributed by atoms with van der Waals surface area (Å²) in [6.07, 6.45) is 1.39. The largest absolute Gasteiger partial charge is 0.360 e. The number of imide groups is 1. The van der Waals surface area contributed by atoms with Crippen molar-refractivity contribution >= 4 is 18.1 Å². The molecule has 1 aromatic rings. The Morgan fingerprint density at radius 3 is 2.53 bits per heavy atom. The van der Waals surface area contributed by atoms with Gasteiger partial charge in [-0.3, -0.25) is 9.59 Å². The van der Waals surface area contributed by atoms with Gasteiger partial charge in [-0.15, -0.1) is 0 Å². The first-order valence-corrected chi connectivity index (χ1v) is 4.53. The van der Waals surface area contributed by atoms with Gasteiger partial charge in [0.25, 0.3) is 5.91 Å². The van der Waals surface area contributed by atoms with Crippen LogP contribution >= 0.6 is 0 Å². The molecule has 0 spiro atoms. The Bertz CT molecular complexity index is 344. The molecule has 0 fully saturated rings. The van der Waals surface area contributed by atoms with Gasteiger partial charge in [0.05, 0.1) is 0 Å². The summed E-state index contributed by atoms with van der Waals surface area (Å²) in [4.78, 5) is 22.3. The Balaban J connectivity index is 0.000000921. The van der Waals surface area contributed by atoms with E-state index in [1.54, 1.807) is 6.92 Å². The van der Waals surface area contributed by atoms with Gasteiger partial charge in [0.1, 0.15) is 5.76 Å². The lowest BCUT2D eigenvalue weighted by molar-refractivity contribution is -0.118. The number of aromatic nitrogens is 1. The summed E-state index contributed by atoms with van der Waals surface area (Å²) in [7, 11) is 0. The molecule has 0 saturated carbocycles. The molecule has 0 aromatic carbocycles. The third kappa shape index (κ3) is 3.38. The maximum absolute atomic E-state index is 11.0. The van der Waals surface area contributed by atoms with Crippen LogP contribution in [0.1, 0.15) is 19.6 Å². The van der Waals surface area contributed by atoms with Crippen LogP contribution in [0.3, 0.4) is 0 Å². The SMILES string of the molecule is C=CC(=O)N(C=O)c1cc(C)on1.CC. The molecule has 0 bridgehead atoms. The smallest absolute Gasteiger partial charge is 0.258 e. The highest BCUT2D eigenvalue weighted by atomic mass is 16.5. The number of amides is 2. The van der Waals surface area contributed by atoms with Crippen LogP contribution in [0.25, 0.3) is 0 Å². The van der Waals surface area contributed by atoms with E-state index < -0.39 is 5.91 Å². The third-order valence-electron chi connectivity index (χ3n) is 1.38. The molecule has 0 N–H and O–H groups in total. The first-order valence-electron chi connectivity index (χ1n) is 4.53. The maximum atomic E-state index is 11.0. The number of anilines is 1. The maximum Gasteiger partial charge on any atom is 0.258 e. The highest BCUT2D eigenvalue weighted by molar-refractivity contribution is 6.11. The molecule has 0 atom stereocenters. The van der Waals surface area contributed by atoms with E-state index in [4.69, 9.17) is 4.52 Å². The van der Waals surface area contributed by atoms with Crippen molar-refractivity contribution in [2.75, 3.05) is 4.90 Å². The number of hydrogen-bond donors (Lipinski definition) is 0. The predicted molar refractivity (Wildman–Crippen MR) is 56.3 cm³/mol. The van der Waals surface area contributed by atoms with E-state index >= 15 is 0 Å². The summed E-state index contributed by atoms with van der Waals surface area (Å²) in [6, 6.07) is 1.48. The molecule has 5 nitrogen and oxygen atoms in total. The first kappa shape index (κ1) is 13.1. The second-order valence-corrected chi connectivity index (χ2v) is 2.31. The molecule has 1 aromatic heterocycles. The Morgan fingerprint density at radius 2 is 2.20 bits per heavy atom.